The Bertz CT molecular complexity index is 752. The fourth-order valence-corrected chi connectivity index (χ4v) is 2.67. The number of ether oxygens (including phenoxy) is 2. The van der Waals surface area contributed by atoms with Crippen LogP contribution >= 0.6 is 0 Å². The first-order chi connectivity index (χ1) is 11.9. The lowest BCUT2D eigenvalue weighted by Crippen LogP contribution is -2.21. The van der Waals surface area contributed by atoms with E-state index in [-0.39, 0.29) is 11.5 Å². The first-order valence-corrected chi connectivity index (χ1v) is 8.03. The minimum absolute atomic E-state index is 0.0539. The first-order valence-electron chi connectivity index (χ1n) is 8.03. The second kappa shape index (κ2) is 7.17. The molecule has 1 aliphatic rings. The van der Waals surface area contributed by atoms with Gasteiger partial charge in [0.25, 0.3) is 0 Å². The van der Waals surface area contributed by atoms with Gasteiger partial charge in [-0.05, 0) is 48.1 Å². The molecule has 0 unspecified atom stereocenters. The number of aldehydes is 1. The molecule has 6 heteroatoms. The third-order valence-corrected chi connectivity index (χ3v) is 4.22. The molecule has 0 amide bonds. The van der Waals surface area contributed by atoms with E-state index in [0.717, 1.165) is 31.1 Å². The van der Waals surface area contributed by atoms with Crippen molar-refractivity contribution in [3.63, 3.8) is 0 Å². The lowest BCUT2D eigenvalue weighted by Gasteiger charge is -2.26. The van der Waals surface area contributed by atoms with Gasteiger partial charge in [-0.3, -0.25) is 4.79 Å². The highest BCUT2D eigenvalue weighted by molar-refractivity contribution is 5.79. The minimum Gasteiger partial charge on any atom is -0.489 e. The molecule has 1 aliphatic carbocycles. The van der Waals surface area contributed by atoms with Crippen molar-refractivity contribution >= 4 is 6.29 Å². The lowest BCUT2D eigenvalue weighted by molar-refractivity contribution is -0.275. The van der Waals surface area contributed by atoms with Crippen LogP contribution in [0.4, 0.5) is 13.2 Å². The quantitative estimate of drug-likeness (QED) is 0.668. The Morgan fingerprint density at radius 2 is 1.80 bits per heavy atom. The molecule has 0 heterocycles. The van der Waals surface area contributed by atoms with E-state index in [0.29, 0.717) is 23.7 Å². The van der Waals surface area contributed by atoms with Gasteiger partial charge >= 0.3 is 6.36 Å². The molecule has 0 saturated heterocycles. The molecule has 3 nitrogen and oxygen atoms in total. The van der Waals surface area contributed by atoms with Crippen LogP contribution < -0.4 is 9.47 Å². The zero-order chi connectivity index (χ0) is 17.9. The number of carbonyl (C=O) groups excluding carboxylic acids is 1. The SMILES string of the molecule is O=Cc1cccc(-c2ccc(OC(F)(F)F)c(OCC3CCC3)c2)c1. The van der Waals surface area contributed by atoms with Gasteiger partial charge in [-0.1, -0.05) is 30.7 Å². The summed E-state index contributed by atoms with van der Waals surface area (Å²) in [7, 11) is 0. The van der Waals surface area contributed by atoms with E-state index >= 15 is 0 Å². The number of hydrogen-bond acceptors (Lipinski definition) is 3. The molecule has 25 heavy (non-hydrogen) atoms. The topological polar surface area (TPSA) is 35.5 Å². The summed E-state index contributed by atoms with van der Waals surface area (Å²) >= 11 is 0. The number of hydrogen-bond donors (Lipinski definition) is 0. The zero-order valence-electron chi connectivity index (χ0n) is 13.4. The van der Waals surface area contributed by atoms with Gasteiger partial charge in [0.15, 0.2) is 11.5 Å². The van der Waals surface area contributed by atoms with Crippen LogP contribution in [0.15, 0.2) is 42.5 Å². The van der Waals surface area contributed by atoms with Gasteiger partial charge in [-0.2, -0.15) is 0 Å². The maximum atomic E-state index is 12.6. The predicted molar refractivity (Wildman–Crippen MR) is 86.8 cm³/mol. The average molecular weight is 350 g/mol. The molecular weight excluding hydrogens is 333 g/mol. The van der Waals surface area contributed by atoms with Gasteiger partial charge in [-0.25, -0.2) is 0 Å². The fourth-order valence-electron chi connectivity index (χ4n) is 2.67. The Hall–Kier alpha value is -2.50. The molecular formula is C19H17F3O3. The largest absolute Gasteiger partial charge is 0.573 e. The summed E-state index contributed by atoms with van der Waals surface area (Å²) in [5, 5.41) is 0. The molecule has 0 N–H and O–H groups in total. The second-order valence-electron chi connectivity index (χ2n) is 6.06. The van der Waals surface area contributed by atoms with Gasteiger partial charge in [0.05, 0.1) is 6.61 Å². The molecule has 0 atom stereocenters. The molecule has 1 fully saturated rings. The summed E-state index contributed by atoms with van der Waals surface area (Å²) in [6, 6.07) is 11.1. The molecule has 0 aromatic heterocycles. The van der Waals surface area contributed by atoms with Crippen LogP contribution in [-0.4, -0.2) is 19.3 Å². The molecule has 2 aromatic rings. The molecule has 132 valence electrons. The van der Waals surface area contributed by atoms with Crippen LogP contribution in [0.5, 0.6) is 11.5 Å². The molecule has 0 spiro atoms. The second-order valence-corrected chi connectivity index (χ2v) is 6.06. The molecule has 0 radical (unpaired) electrons. The molecule has 1 saturated carbocycles. The zero-order valence-corrected chi connectivity index (χ0v) is 13.4. The standard InChI is InChI=1S/C19H17F3O3/c20-19(21,22)25-17-8-7-16(15-6-2-5-14(9-15)11-23)10-18(17)24-12-13-3-1-4-13/h2,5-11,13H,1,3-4,12H2. The Labute approximate surface area is 143 Å². The van der Waals surface area contributed by atoms with E-state index in [1.54, 1.807) is 24.3 Å². The third-order valence-electron chi connectivity index (χ3n) is 4.22. The van der Waals surface area contributed by atoms with Crippen molar-refractivity contribution in [2.24, 2.45) is 5.92 Å². The number of halogens is 3. The van der Waals surface area contributed by atoms with Crippen molar-refractivity contribution in [3.05, 3.63) is 48.0 Å². The third kappa shape index (κ3) is 4.53. The normalized spacial score (nSPS) is 14.7. The van der Waals surface area contributed by atoms with Gasteiger partial charge in [0.1, 0.15) is 6.29 Å². The summed E-state index contributed by atoms with van der Waals surface area (Å²) in [6.45, 7) is 0.367. The number of carbonyl (C=O) groups is 1. The highest BCUT2D eigenvalue weighted by Crippen LogP contribution is 2.37. The van der Waals surface area contributed by atoms with E-state index in [9.17, 15) is 18.0 Å². The molecule has 0 aliphatic heterocycles. The van der Waals surface area contributed by atoms with Crippen LogP contribution in [-0.2, 0) is 0 Å². The Morgan fingerprint density at radius 1 is 1.04 bits per heavy atom. The number of benzene rings is 2. The van der Waals surface area contributed by atoms with E-state index in [4.69, 9.17) is 4.74 Å². The maximum absolute atomic E-state index is 12.6. The summed E-state index contributed by atoms with van der Waals surface area (Å²) in [6.07, 6.45) is -0.891. The Kier molecular flexibility index (Phi) is 4.97. The average Bonchev–Trinajstić information content (AvgIpc) is 2.53. The van der Waals surface area contributed by atoms with Crippen molar-refractivity contribution in [2.45, 2.75) is 25.6 Å². The smallest absolute Gasteiger partial charge is 0.489 e. The molecule has 2 aromatic carbocycles. The van der Waals surface area contributed by atoms with Gasteiger partial charge in [0, 0.05) is 5.56 Å². The minimum atomic E-state index is -4.78. The van der Waals surface area contributed by atoms with E-state index in [1.807, 2.05) is 0 Å². The van der Waals surface area contributed by atoms with E-state index in [2.05, 4.69) is 4.74 Å². The summed E-state index contributed by atoms with van der Waals surface area (Å²) in [4.78, 5) is 10.9. The van der Waals surface area contributed by atoms with Crippen LogP contribution in [0.1, 0.15) is 29.6 Å². The highest BCUT2D eigenvalue weighted by atomic mass is 19.4. The molecule has 0 bridgehead atoms. The van der Waals surface area contributed by atoms with Crippen LogP contribution in [0.25, 0.3) is 11.1 Å². The fraction of sp³-hybridized carbons (Fsp3) is 0.316. The van der Waals surface area contributed by atoms with Crippen molar-refractivity contribution in [1.82, 2.24) is 0 Å². The Balaban J connectivity index is 1.89. The monoisotopic (exact) mass is 350 g/mol. The number of alkyl halides is 3. The van der Waals surface area contributed by atoms with Crippen molar-refractivity contribution in [2.75, 3.05) is 6.61 Å². The summed E-state index contributed by atoms with van der Waals surface area (Å²) in [5.74, 6) is 0.0705. The van der Waals surface area contributed by atoms with Crippen molar-refractivity contribution in [3.8, 4) is 22.6 Å². The summed E-state index contributed by atoms with van der Waals surface area (Å²) < 4.78 is 47.5. The Morgan fingerprint density at radius 3 is 2.44 bits per heavy atom. The maximum Gasteiger partial charge on any atom is 0.573 e. The van der Waals surface area contributed by atoms with Gasteiger partial charge < -0.3 is 9.47 Å². The van der Waals surface area contributed by atoms with Crippen molar-refractivity contribution in [1.29, 1.82) is 0 Å². The van der Waals surface area contributed by atoms with E-state index < -0.39 is 6.36 Å². The van der Waals surface area contributed by atoms with Crippen LogP contribution in [0.3, 0.4) is 0 Å². The van der Waals surface area contributed by atoms with Gasteiger partial charge in [0.2, 0.25) is 0 Å². The first kappa shape index (κ1) is 17.3. The highest BCUT2D eigenvalue weighted by Gasteiger charge is 2.32. The predicted octanol–water partition coefficient (Wildman–Crippen LogP) is 5.24. The van der Waals surface area contributed by atoms with Gasteiger partial charge in [-0.15, -0.1) is 13.2 Å². The van der Waals surface area contributed by atoms with Crippen molar-refractivity contribution < 1.29 is 27.4 Å². The summed E-state index contributed by atoms with van der Waals surface area (Å²) in [5.41, 5.74) is 1.86. The number of rotatable bonds is 6. The van der Waals surface area contributed by atoms with Crippen LogP contribution in [0, 0.1) is 5.92 Å². The molecule has 3 rings (SSSR count). The lowest BCUT2D eigenvalue weighted by atomic mass is 9.86. The van der Waals surface area contributed by atoms with E-state index in [1.165, 1.54) is 18.2 Å². The van der Waals surface area contributed by atoms with Crippen LogP contribution in [0.2, 0.25) is 0 Å².